The number of aromatic nitrogens is 1. The van der Waals surface area contributed by atoms with Gasteiger partial charge in [-0.2, -0.15) is 0 Å². The average Bonchev–Trinajstić information content (AvgIpc) is 2.53. The summed E-state index contributed by atoms with van der Waals surface area (Å²) < 4.78 is 0. The first-order valence-electron chi connectivity index (χ1n) is 8.97. The minimum atomic E-state index is 0. The number of benzene rings is 2. The van der Waals surface area contributed by atoms with Gasteiger partial charge in [-0.05, 0) is 36.1 Å². The molecule has 25 heavy (non-hydrogen) atoms. The van der Waals surface area contributed by atoms with Crippen molar-refractivity contribution in [3.8, 4) is 11.3 Å². The van der Waals surface area contributed by atoms with Gasteiger partial charge in [0.2, 0.25) is 0 Å². The summed E-state index contributed by atoms with van der Waals surface area (Å²) in [5.74, 6) is 0.658. The first-order valence-corrected chi connectivity index (χ1v) is 8.97. The first-order chi connectivity index (χ1) is 11.5. The van der Waals surface area contributed by atoms with E-state index in [1.807, 2.05) is 0 Å². The molecule has 2 aromatic carbocycles. The Morgan fingerprint density at radius 2 is 1.92 bits per heavy atom. The van der Waals surface area contributed by atoms with Gasteiger partial charge in [-0.3, -0.25) is 4.98 Å². The maximum atomic E-state index is 5.08. The van der Waals surface area contributed by atoms with Crippen molar-refractivity contribution in [3.05, 3.63) is 64.2 Å². The van der Waals surface area contributed by atoms with Crippen LogP contribution in [0.2, 0.25) is 0 Å². The number of nitrogens with zero attached hydrogens (tertiary/aromatic N) is 1. The summed E-state index contributed by atoms with van der Waals surface area (Å²) in [5.41, 5.74) is 10.3. The van der Waals surface area contributed by atoms with E-state index in [2.05, 4.69) is 64.1 Å². The Morgan fingerprint density at radius 3 is 2.68 bits per heavy atom. The SMILES string of the molecule is Cc1[c-]c2c(c(C)c1)CCc1cc3c(CC(C)C)cccc3nc1-2.[Ir]. The fourth-order valence-corrected chi connectivity index (χ4v) is 4.03. The van der Waals surface area contributed by atoms with Gasteiger partial charge in [-0.1, -0.05) is 57.9 Å². The molecule has 0 amide bonds. The van der Waals surface area contributed by atoms with Crippen LogP contribution in [0, 0.1) is 25.8 Å². The molecule has 1 heterocycles. The molecule has 1 nitrogen and oxygen atoms in total. The van der Waals surface area contributed by atoms with E-state index in [-0.39, 0.29) is 20.1 Å². The molecule has 4 rings (SSSR count). The van der Waals surface area contributed by atoms with Crippen LogP contribution in [0.4, 0.5) is 0 Å². The number of rotatable bonds is 2. The normalized spacial score (nSPS) is 12.7. The van der Waals surface area contributed by atoms with Crippen LogP contribution in [0.1, 0.15) is 41.7 Å². The summed E-state index contributed by atoms with van der Waals surface area (Å²) in [6.45, 7) is 8.90. The molecule has 1 aliphatic rings. The van der Waals surface area contributed by atoms with Gasteiger partial charge < -0.3 is 0 Å². The molecule has 0 aliphatic heterocycles. The molecule has 1 aliphatic carbocycles. The minimum absolute atomic E-state index is 0. The Hall–Kier alpha value is -1.50. The van der Waals surface area contributed by atoms with Crippen molar-refractivity contribution in [1.82, 2.24) is 4.98 Å². The fourth-order valence-electron chi connectivity index (χ4n) is 4.03. The summed E-state index contributed by atoms with van der Waals surface area (Å²) >= 11 is 0. The van der Waals surface area contributed by atoms with Crippen LogP contribution >= 0.6 is 0 Å². The van der Waals surface area contributed by atoms with Crippen molar-refractivity contribution in [1.29, 1.82) is 0 Å². The maximum absolute atomic E-state index is 5.08. The summed E-state index contributed by atoms with van der Waals surface area (Å²) in [4.78, 5) is 5.08. The van der Waals surface area contributed by atoms with Gasteiger partial charge in [0.1, 0.15) is 0 Å². The fraction of sp³-hybridized carbons (Fsp3) is 0.348. The molecule has 131 valence electrons. The predicted molar refractivity (Wildman–Crippen MR) is 101 cm³/mol. The molecule has 0 spiro atoms. The number of hydrogen-bond acceptors (Lipinski definition) is 1. The molecule has 2 heteroatoms. The molecular formula is C23H24IrN-. The van der Waals surface area contributed by atoms with E-state index in [1.54, 1.807) is 0 Å². The third-order valence-corrected chi connectivity index (χ3v) is 5.07. The second-order valence-electron chi connectivity index (χ2n) is 7.57. The first kappa shape index (κ1) is 18.3. The number of hydrogen-bond donors (Lipinski definition) is 0. The van der Waals surface area contributed by atoms with Gasteiger partial charge in [0.15, 0.2) is 0 Å². The van der Waals surface area contributed by atoms with Crippen LogP contribution in [0.5, 0.6) is 0 Å². The van der Waals surface area contributed by atoms with Gasteiger partial charge >= 0.3 is 0 Å². The topological polar surface area (TPSA) is 12.9 Å². The van der Waals surface area contributed by atoms with E-state index in [4.69, 9.17) is 4.98 Å². The van der Waals surface area contributed by atoms with Gasteiger partial charge in [-0.15, -0.1) is 34.4 Å². The largest absolute Gasteiger partial charge is 0.296 e. The van der Waals surface area contributed by atoms with Crippen LogP contribution in [0.3, 0.4) is 0 Å². The number of pyridine rings is 1. The molecule has 0 bridgehead atoms. The van der Waals surface area contributed by atoms with Gasteiger partial charge in [0.25, 0.3) is 0 Å². The zero-order chi connectivity index (χ0) is 16.8. The van der Waals surface area contributed by atoms with E-state index in [1.165, 1.54) is 38.8 Å². The van der Waals surface area contributed by atoms with Crippen molar-refractivity contribution in [2.24, 2.45) is 5.92 Å². The molecular weight excluding hydrogens is 482 g/mol. The summed E-state index contributed by atoms with van der Waals surface area (Å²) in [6.07, 6.45) is 3.29. The van der Waals surface area contributed by atoms with Gasteiger partial charge in [0, 0.05) is 25.5 Å². The minimum Gasteiger partial charge on any atom is -0.296 e. The van der Waals surface area contributed by atoms with Crippen molar-refractivity contribution < 1.29 is 20.1 Å². The Morgan fingerprint density at radius 1 is 1.12 bits per heavy atom. The van der Waals surface area contributed by atoms with Crippen LogP contribution in [0.15, 0.2) is 30.3 Å². The average molecular weight is 507 g/mol. The molecule has 0 fully saturated rings. The van der Waals surface area contributed by atoms with Crippen LogP contribution in [-0.2, 0) is 39.4 Å². The van der Waals surface area contributed by atoms with E-state index in [0.29, 0.717) is 5.92 Å². The van der Waals surface area contributed by atoms with Crippen LogP contribution in [-0.4, -0.2) is 4.98 Å². The predicted octanol–water partition coefficient (Wildman–Crippen LogP) is 5.61. The van der Waals surface area contributed by atoms with Crippen molar-refractivity contribution in [2.75, 3.05) is 0 Å². The number of aryl methyl sites for hydroxylation is 3. The second kappa shape index (κ2) is 7.02. The Labute approximate surface area is 164 Å². The van der Waals surface area contributed by atoms with Gasteiger partial charge in [0.05, 0.1) is 5.52 Å². The van der Waals surface area contributed by atoms with Crippen molar-refractivity contribution in [3.63, 3.8) is 0 Å². The van der Waals surface area contributed by atoms with Gasteiger partial charge in [-0.25, -0.2) is 0 Å². The molecule has 0 unspecified atom stereocenters. The standard InChI is InChI=1S/C23H24N.Ir/c1-14(2)10-17-6-5-7-22-20(17)13-18-8-9-19-16(4)11-15(3)12-21(19)23(18)24-22;/h5-7,11,13-14H,8-10H2,1-4H3;/q-1;. The Balaban J connectivity index is 0.00000182. The van der Waals surface area contributed by atoms with E-state index < -0.39 is 0 Å². The Kier molecular flexibility index (Phi) is 5.13. The van der Waals surface area contributed by atoms with E-state index in [9.17, 15) is 0 Å². The van der Waals surface area contributed by atoms with Crippen LogP contribution < -0.4 is 0 Å². The number of fused-ring (bicyclic) bond motifs is 4. The molecule has 0 N–H and O–H groups in total. The van der Waals surface area contributed by atoms with Crippen LogP contribution in [0.25, 0.3) is 22.2 Å². The molecule has 1 radical (unpaired) electrons. The third-order valence-electron chi connectivity index (χ3n) is 5.07. The summed E-state index contributed by atoms with van der Waals surface area (Å²) in [5, 5.41) is 1.33. The van der Waals surface area contributed by atoms with E-state index >= 15 is 0 Å². The molecule has 3 aromatic rings. The zero-order valence-corrected chi connectivity index (χ0v) is 17.8. The summed E-state index contributed by atoms with van der Waals surface area (Å²) in [6, 6.07) is 14.8. The third kappa shape index (κ3) is 3.30. The molecule has 0 atom stereocenters. The monoisotopic (exact) mass is 507 g/mol. The molecule has 1 aromatic heterocycles. The van der Waals surface area contributed by atoms with Crippen molar-refractivity contribution >= 4 is 10.9 Å². The quantitative estimate of drug-likeness (QED) is 0.412. The van der Waals surface area contributed by atoms with E-state index in [0.717, 1.165) is 30.5 Å². The second-order valence-corrected chi connectivity index (χ2v) is 7.57. The summed E-state index contributed by atoms with van der Waals surface area (Å²) in [7, 11) is 0. The zero-order valence-electron chi connectivity index (χ0n) is 15.4. The van der Waals surface area contributed by atoms with Crippen molar-refractivity contribution in [2.45, 2.75) is 47.0 Å². The molecule has 0 saturated carbocycles. The smallest absolute Gasteiger partial charge is 0.0598 e. The maximum Gasteiger partial charge on any atom is 0.0598 e. The Bertz CT molecular complexity index is 940. The molecule has 0 saturated heterocycles.